The van der Waals surface area contributed by atoms with Gasteiger partial charge in [-0.1, -0.05) is 24.8 Å². The fourth-order valence-electron chi connectivity index (χ4n) is 1.53. The van der Waals surface area contributed by atoms with Crippen molar-refractivity contribution in [1.82, 2.24) is 0 Å². The number of rotatable bonds is 2. The molecule has 1 aliphatic carbocycles. The molecule has 3 nitrogen and oxygen atoms in total. The highest BCUT2D eigenvalue weighted by molar-refractivity contribution is 4.68. The van der Waals surface area contributed by atoms with Crippen LogP contribution in [-0.4, -0.2) is 11.4 Å². The van der Waals surface area contributed by atoms with Crippen molar-refractivity contribution in [3.05, 3.63) is 0 Å². The van der Waals surface area contributed by atoms with Crippen LogP contribution in [0.1, 0.15) is 32.6 Å². The summed E-state index contributed by atoms with van der Waals surface area (Å²) in [6.07, 6.45) is 4.56. The molecule has 2 unspecified atom stereocenters. The van der Waals surface area contributed by atoms with Crippen molar-refractivity contribution in [3.63, 3.8) is 0 Å². The van der Waals surface area contributed by atoms with Crippen molar-refractivity contribution < 1.29 is 15.2 Å². The summed E-state index contributed by atoms with van der Waals surface area (Å²) in [5.74, 6) is 0.703. The molecule has 0 amide bonds. The molecule has 1 rings (SSSR count). The zero-order valence-electron chi connectivity index (χ0n) is 6.25. The molecule has 0 bridgehead atoms. The maximum absolute atomic E-state index is 7.98. The Balaban J connectivity index is 2.18. The Morgan fingerprint density at radius 2 is 2.20 bits per heavy atom. The van der Waals surface area contributed by atoms with Crippen LogP contribution in [0.2, 0.25) is 0 Å². The summed E-state index contributed by atoms with van der Waals surface area (Å²) < 4.78 is 0. The lowest BCUT2D eigenvalue weighted by Gasteiger charge is -2.23. The molecule has 60 valence electrons. The van der Waals surface area contributed by atoms with Gasteiger partial charge in [-0.15, -0.1) is 0 Å². The third kappa shape index (κ3) is 2.25. The number of hydrogen-bond acceptors (Lipinski definition) is 3. The van der Waals surface area contributed by atoms with Gasteiger partial charge in [-0.25, -0.2) is 10.1 Å². The lowest BCUT2D eigenvalue weighted by atomic mass is 9.89. The molecule has 10 heavy (non-hydrogen) atoms. The van der Waals surface area contributed by atoms with E-state index in [2.05, 4.69) is 16.8 Å². The molecule has 1 aliphatic rings. The van der Waals surface area contributed by atoms with Crippen LogP contribution in [-0.2, 0) is 9.93 Å². The predicted molar refractivity (Wildman–Crippen MR) is 36.2 cm³/mol. The van der Waals surface area contributed by atoms with E-state index in [1.165, 1.54) is 12.8 Å². The van der Waals surface area contributed by atoms with Gasteiger partial charge in [-0.2, -0.15) is 0 Å². The minimum Gasteiger partial charge on any atom is -0.221 e. The molecule has 0 aliphatic heterocycles. The number of hydrogen-bond donors (Lipinski definition) is 1. The second-order valence-electron chi connectivity index (χ2n) is 3.06. The molecule has 0 aromatic heterocycles. The molecule has 0 heterocycles. The maximum Gasteiger partial charge on any atom is 0.0963 e. The van der Waals surface area contributed by atoms with Crippen LogP contribution in [0.4, 0.5) is 0 Å². The second kappa shape index (κ2) is 3.91. The van der Waals surface area contributed by atoms with Crippen molar-refractivity contribution in [3.8, 4) is 0 Å². The van der Waals surface area contributed by atoms with Gasteiger partial charge < -0.3 is 0 Å². The largest absolute Gasteiger partial charge is 0.221 e. The van der Waals surface area contributed by atoms with Crippen LogP contribution < -0.4 is 0 Å². The molecular formula is C7H14O3. The standard InChI is InChI=1S/C7H14O3/c1-6-3-2-4-7(5-6)9-10-8/h6-8H,2-5H2,1H3. The van der Waals surface area contributed by atoms with Crippen molar-refractivity contribution >= 4 is 0 Å². The minimum atomic E-state index is 0.105. The van der Waals surface area contributed by atoms with E-state index in [9.17, 15) is 0 Å². The normalized spacial score (nSPS) is 34.2. The first-order chi connectivity index (χ1) is 4.83. The van der Waals surface area contributed by atoms with Gasteiger partial charge in [0.1, 0.15) is 0 Å². The fraction of sp³-hybridized carbons (Fsp3) is 1.00. The van der Waals surface area contributed by atoms with Crippen LogP contribution in [0.5, 0.6) is 0 Å². The zero-order chi connectivity index (χ0) is 7.40. The van der Waals surface area contributed by atoms with Crippen LogP contribution >= 0.6 is 0 Å². The summed E-state index contributed by atoms with van der Waals surface area (Å²) in [5.41, 5.74) is 0. The zero-order valence-corrected chi connectivity index (χ0v) is 6.25. The first kappa shape index (κ1) is 7.98. The average molecular weight is 146 g/mol. The molecule has 0 aromatic carbocycles. The molecule has 2 atom stereocenters. The molecule has 0 radical (unpaired) electrons. The van der Waals surface area contributed by atoms with Gasteiger partial charge in [0, 0.05) is 0 Å². The van der Waals surface area contributed by atoms with Gasteiger partial charge in [0.05, 0.1) is 6.10 Å². The van der Waals surface area contributed by atoms with Gasteiger partial charge >= 0.3 is 0 Å². The molecule has 1 saturated carbocycles. The Kier molecular flexibility index (Phi) is 3.12. The fourth-order valence-corrected chi connectivity index (χ4v) is 1.53. The molecule has 0 spiro atoms. The van der Waals surface area contributed by atoms with Crippen LogP contribution in [0.25, 0.3) is 0 Å². The van der Waals surface area contributed by atoms with Crippen LogP contribution in [0.3, 0.4) is 0 Å². The lowest BCUT2D eigenvalue weighted by molar-refractivity contribution is -0.508. The van der Waals surface area contributed by atoms with E-state index in [1.807, 2.05) is 0 Å². The van der Waals surface area contributed by atoms with Gasteiger partial charge in [-0.05, 0) is 18.8 Å². The van der Waals surface area contributed by atoms with E-state index < -0.39 is 0 Å². The lowest BCUT2D eigenvalue weighted by Crippen LogP contribution is -2.20. The molecular weight excluding hydrogens is 132 g/mol. The third-order valence-corrected chi connectivity index (χ3v) is 2.07. The van der Waals surface area contributed by atoms with Crippen LogP contribution in [0.15, 0.2) is 0 Å². The smallest absolute Gasteiger partial charge is 0.0963 e. The van der Waals surface area contributed by atoms with Gasteiger partial charge in [0.15, 0.2) is 0 Å². The first-order valence-electron chi connectivity index (χ1n) is 3.80. The maximum atomic E-state index is 7.98. The Labute approximate surface area is 60.8 Å². The molecule has 1 N–H and O–H groups in total. The van der Waals surface area contributed by atoms with Crippen molar-refractivity contribution in [1.29, 1.82) is 0 Å². The molecule has 0 saturated heterocycles. The van der Waals surface area contributed by atoms with Gasteiger partial charge in [0.25, 0.3) is 0 Å². The Morgan fingerprint density at radius 3 is 2.80 bits per heavy atom. The highest BCUT2D eigenvalue weighted by Crippen LogP contribution is 2.25. The summed E-state index contributed by atoms with van der Waals surface area (Å²) in [6, 6.07) is 0. The van der Waals surface area contributed by atoms with Gasteiger partial charge in [-0.3, -0.25) is 0 Å². The first-order valence-corrected chi connectivity index (χ1v) is 3.80. The second-order valence-corrected chi connectivity index (χ2v) is 3.06. The summed E-state index contributed by atoms with van der Waals surface area (Å²) in [5, 5.41) is 11.6. The topological polar surface area (TPSA) is 38.7 Å². The average Bonchev–Trinajstić information content (AvgIpc) is 1.88. The molecule has 3 heteroatoms. The molecule has 1 fully saturated rings. The van der Waals surface area contributed by atoms with E-state index in [4.69, 9.17) is 5.26 Å². The van der Waals surface area contributed by atoms with E-state index >= 15 is 0 Å². The summed E-state index contributed by atoms with van der Waals surface area (Å²) >= 11 is 0. The van der Waals surface area contributed by atoms with E-state index in [1.54, 1.807) is 0 Å². The van der Waals surface area contributed by atoms with Crippen LogP contribution in [0, 0.1) is 5.92 Å². The van der Waals surface area contributed by atoms with E-state index in [0.717, 1.165) is 12.8 Å². The highest BCUT2D eigenvalue weighted by Gasteiger charge is 2.19. The van der Waals surface area contributed by atoms with E-state index in [0.29, 0.717) is 5.92 Å². The quantitative estimate of drug-likeness (QED) is 0.478. The Bertz CT molecular complexity index is 92.9. The SMILES string of the molecule is CC1CCCC(OOO)C1. The monoisotopic (exact) mass is 146 g/mol. The van der Waals surface area contributed by atoms with Crippen molar-refractivity contribution in [2.24, 2.45) is 5.92 Å². The minimum absolute atomic E-state index is 0.105. The van der Waals surface area contributed by atoms with E-state index in [-0.39, 0.29) is 6.10 Å². The van der Waals surface area contributed by atoms with Crippen molar-refractivity contribution in [2.75, 3.05) is 0 Å². The Morgan fingerprint density at radius 1 is 1.40 bits per heavy atom. The predicted octanol–water partition coefficient (Wildman–Crippen LogP) is 1.99. The van der Waals surface area contributed by atoms with Crippen molar-refractivity contribution in [2.45, 2.75) is 38.7 Å². The third-order valence-electron chi connectivity index (χ3n) is 2.07. The summed E-state index contributed by atoms with van der Waals surface area (Å²) in [4.78, 5) is 4.61. The highest BCUT2D eigenvalue weighted by atomic mass is 17.5. The summed E-state index contributed by atoms with van der Waals surface area (Å²) in [7, 11) is 0. The summed E-state index contributed by atoms with van der Waals surface area (Å²) in [6.45, 7) is 2.19. The Hall–Kier alpha value is -0.120. The van der Waals surface area contributed by atoms with Gasteiger partial charge in [0.2, 0.25) is 0 Å². The molecule has 0 aromatic rings.